The molecule has 2 heterocycles. The van der Waals surface area contributed by atoms with Gasteiger partial charge in [-0.3, -0.25) is 23.9 Å². The Kier molecular flexibility index (Phi) is 5.78. The average Bonchev–Trinajstić information content (AvgIpc) is 2.86. The molecular formula is C15H17F3N2O7. The highest BCUT2D eigenvalue weighted by Crippen LogP contribution is 2.44. The predicted molar refractivity (Wildman–Crippen MR) is 81.7 cm³/mol. The van der Waals surface area contributed by atoms with Crippen LogP contribution in [0, 0.1) is 12.8 Å². The largest absolute Gasteiger partial charge is 0.463 e. The normalized spacial score (nSPS) is 25.3. The van der Waals surface area contributed by atoms with Crippen LogP contribution in [0.5, 0.6) is 0 Å². The fraction of sp³-hybridized carbons (Fsp3) is 0.600. The zero-order chi connectivity index (χ0) is 20.5. The minimum absolute atomic E-state index is 0.0340. The van der Waals surface area contributed by atoms with Crippen molar-refractivity contribution >= 4 is 11.9 Å². The highest BCUT2D eigenvalue weighted by atomic mass is 19.4. The first kappa shape index (κ1) is 20.7. The molecule has 0 unspecified atom stereocenters. The van der Waals surface area contributed by atoms with Crippen LogP contribution in [0.2, 0.25) is 0 Å². The van der Waals surface area contributed by atoms with Gasteiger partial charge in [-0.15, -0.1) is 0 Å². The van der Waals surface area contributed by atoms with Crippen LogP contribution in [0.1, 0.15) is 25.6 Å². The van der Waals surface area contributed by atoms with Crippen LogP contribution in [0.25, 0.3) is 0 Å². The Morgan fingerprint density at radius 3 is 2.41 bits per heavy atom. The van der Waals surface area contributed by atoms with Gasteiger partial charge in [0, 0.05) is 25.6 Å². The van der Waals surface area contributed by atoms with E-state index in [0.29, 0.717) is 4.57 Å². The third kappa shape index (κ3) is 4.56. The molecule has 12 heteroatoms. The van der Waals surface area contributed by atoms with Crippen LogP contribution >= 0.6 is 0 Å². The van der Waals surface area contributed by atoms with E-state index in [9.17, 15) is 32.3 Å². The number of nitrogens with one attached hydrogen (secondary N) is 1. The monoisotopic (exact) mass is 394 g/mol. The number of halogens is 3. The summed E-state index contributed by atoms with van der Waals surface area (Å²) in [6.07, 6.45) is -9.21. The van der Waals surface area contributed by atoms with Crippen LogP contribution in [0.3, 0.4) is 0 Å². The van der Waals surface area contributed by atoms with Gasteiger partial charge in [0.1, 0.15) is 18.6 Å². The first-order valence-corrected chi connectivity index (χ1v) is 7.76. The predicted octanol–water partition coefficient (Wildman–Crippen LogP) is 0.416. The Bertz CT molecular complexity index is 845. The van der Waals surface area contributed by atoms with Gasteiger partial charge in [-0.05, 0) is 6.92 Å². The summed E-state index contributed by atoms with van der Waals surface area (Å²) in [5, 5.41) is 0. The van der Waals surface area contributed by atoms with Gasteiger partial charge < -0.3 is 14.2 Å². The summed E-state index contributed by atoms with van der Waals surface area (Å²) >= 11 is 0. The van der Waals surface area contributed by atoms with E-state index in [1.165, 1.54) is 6.92 Å². The number of nitrogens with zero attached hydrogens (tertiary/aromatic N) is 1. The summed E-state index contributed by atoms with van der Waals surface area (Å²) in [7, 11) is 0. The molecular weight excluding hydrogens is 377 g/mol. The SMILES string of the molecule is CC(=O)OC[C@H]1O[C@@H](n2cc(C)c(=O)[nH]c2=O)[C@H](OC(C)=O)[C@@H]1C(F)(F)F. The smallest absolute Gasteiger partial charge is 0.398 e. The fourth-order valence-electron chi connectivity index (χ4n) is 2.79. The van der Waals surface area contributed by atoms with E-state index >= 15 is 0 Å². The average molecular weight is 394 g/mol. The Labute approximate surface area is 150 Å². The number of rotatable bonds is 4. The number of alkyl halides is 3. The maximum Gasteiger partial charge on any atom is 0.398 e. The number of hydrogen-bond acceptors (Lipinski definition) is 7. The molecule has 4 atom stereocenters. The molecule has 9 nitrogen and oxygen atoms in total. The van der Waals surface area contributed by atoms with Crippen LogP contribution in [-0.4, -0.2) is 46.5 Å². The molecule has 1 N–H and O–H groups in total. The Hall–Kier alpha value is -2.63. The van der Waals surface area contributed by atoms with Crippen molar-refractivity contribution in [2.75, 3.05) is 6.61 Å². The van der Waals surface area contributed by atoms with Crippen molar-refractivity contribution in [3.05, 3.63) is 32.6 Å². The van der Waals surface area contributed by atoms with E-state index in [1.54, 1.807) is 0 Å². The number of esters is 2. The van der Waals surface area contributed by atoms with Gasteiger partial charge in [-0.2, -0.15) is 13.2 Å². The Morgan fingerprint density at radius 2 is 1.89 bits per heavy atom. The minimum atomic E-state index is -4.89. The lowest BCUT2D eigenvalue weighted by atomic mass is 9.97. The zero-order valence-electron chi connectivity index (χ0n) is 14.5. The number of carbonyl (C=O) groups is 2. The van der Waals surface area contributed by atoms with E-state index < -0.39 is 60.3 Å². The molecule has 1 aromatic heterocycles. The van der Waals surface area contributed by atoms with Crippen molar-refractivity contribution in [3.63, 3.8) is 0 Å². The highest BCUT2D eigenvalue weighted by Gasteiger charge is 2.60. The van der Waals surface area contributed by atoms with Gasteiger partial charge in [0.2, 0.25) is 0 Å². The maximum absolute atomic E-state index is 13.6. The molecule has 27 heavy (non-hydrogen) atoms. The molecule has 1 fully saturated rings. The second kappa shape index (κ2) is 7.55. The van der Waals surface area contributed by atoms with E-state index in [1.807, 2.05) is 4.98 Å². The molecule has 0 spiro atoms. The lowest BCUT2D eigenvalue weighted by Gasteiger charge is -2.26. The maximum atomic E-state index is 13.6. The quantitative estimate of drug-likeness (QED) is 0.736. The van der Waals surface area contributed by atoms with E-state index in [2.05, 4.69) is 4.74 Å². The first-order chi connectivity index (χ1) is 12.4. The van der Waals surface area contributed by atoms with Crippen LogP contribution < -0.4 is 11.2 Å². The molecule has 0 saturated carbocycles. The number of H-pyrrole nitrogens is 1. The van der Waals surface area contributed by atoms with E-state index in [0.717, 1.165) is 20.0 Å². The summed E-state index contributed by atoms with van der Waals surface area (Å²) < 4.78 is 56.2. The molecule has 2 rings (SSSR count). The highest BCUT2D eigenvalue weighted by molar-refractivity contribution is 5.66. The van der Waals surface area contributed by atoms with Crippen molar-refractivity contribution in [1.29, 1.82) is 0 Å². The second-order valence-corrected chi connectivity index (χ2v) is 5.99. The molecule has 150 valence electrons. The molecule has 0 bridgehead atoms. The summed E-state index contributed by atoms with van der Waals surface area (Å²) in [4.78, 5) is 47.8. The fourth-order valence-corrected chi connectivity index (χ4v) is 2.79. The van der Waals surface area contributed by atoms with Gasteiger partial charge in [0.15, 0.2) is 12.3 Å². The summed E-state index contributed by atoms with van der Waals surface area (Å²) in [5.41, 5.74) is -1.73. The Morgan fingerprint density at radius 1 is 1.26 bits per heavy atom. The van der Waals surface area contributed by atoms with Gasteiger partial charge in [0.05, 0.1) is 0 Å². The minimum Gasteiger partial charge on any atom is -0.463 e. The molecule has 0 amide bonds. The van der Waals surface area contributed by atoms with Crippen molar-refractivity contribution in [2.45, 2.75) is 45.4 Å². The summed E-state index contributed by atoms with van der Waals surface area (Å²) in [6, 6.07) is 0. The molecule has 0 aliphatic carbocycles. The number of aromatic nitrogens is 2. The van der Waals surface area contributed by atoms with Crippen LogP contribution in [-0.2, 0) is 23.8 Å². The first-order valence-electron chi connectivity index (χ1n) is 7.76. The lowest BCUT2D eigenvalue weighted by molar-refractivity contribution is -0.212. The number of carbonyl (C=O) groups excluding carboxylic acids is 2. The molecule has 1 saturated heterocycles. The van der Waals surface area contributed by atoms with Crippen molar-refractivity contribution in [3.8, 4) is 0 Å². The van der Waals surface area contributed by atoms with Crippen molar-refractivity contribution < 1.29 is 37.0 Å². The van der Waals surface area contributed by atoms with E-state index in [4.69, 9.17) is 9.47 Å². The standard InChI is InChI=1S/C15H17F3N2O7/c1-6-4-20(14(24)19-12(6)23)13-11(26-8(3)22)10(15(16,17)18)9(27-13)5-25-7(2)21/h4,9-11,13H,5H2,1-3H3,(H,19,23,24)/t9-,10-,11-,13-/m1/s1. The molecule has 0 radical (unpaired) electrons. The lowest BCUT2D eigenvalue weighted by Crippen LogP contribution is -2.43. The van der Waals surface area contributed by atoms with Gasteiger partial charge >= 0.3 is 23.8 Å². The number of ether oxygens (including phenoxy) is 3. The van der Waals surface area contributed by atoms with E-state index in [-0.39, 0.29) is 5.56 Å². The molecule has 1 aliphatic rings. The van der Waals surface area contributed by atoms with Gasteiger partial charge in [-0.25, -0.2) is 4.79 Å². The second-order valence-electron chi connectivity index (χ2n) is 5.99. The van der Waals surface area contributed by atoms with Crippen molar-refractivity contribution in [2.24, 2.45) is 5.92 Å². The number of aromatic amines is 1. The van der Waals surface area contributed by atoms with Crippen molar-refractivity contribution in [1.82, 2.24) is 9.55 Å². The molecule has 1 aromatic rings. The van der Waals surface area contributed by atoms with Crippen LogP contribution in [0.4, 0.5) is 13.2 Å². The third-order valence-electron chi connectivity index (χ3n) is 3.90. The zero-order valence-corrected chi connectivity index (χ0v) is 14.5. The Balaban J connectivity index is 2.53. The van der Waals surface area contributed by atoms with Crippen LogP contribution in [0.15, 0.2) is 15.8 Å². The third-order valence-corrected chi connectivity index (χ3v) is 3.90. The summed E-state index contributed by atoms with van der Waals surface area (Å²) in [6.45, 7) is 2.49. The molecule has 1 aliphatic heterocycles. The topological polar surface area (TPSA) is 117 Å². The molecule has 0 aromatic carbocycles. The number of aryl methyl sites for hydroxylation is 1. The number of hydrogen-bond donors (Lipinski definition) is 1. The van der Waals surface area contributed by atoms with Gasteiger partial charge in [0.25, 0.3) is 5.56 Å². The van der Waals surface area contributed by atoms with Gasteiger partial charge in [-0.1, -0.05) is 0 Å². The summed E-state index contributed by atoms with van der Waals surface area (Å²) in [5.74, 6) is -4.21.